The summed E-state index contributed by atoms with van der Waals surface area (Å²) in [5.74, 6) is 1.15. The predicted molar refractivity (Wildman–Crippen MR) is 51.3 cm³/mol. The zero-order chi connectivity index (χ0) is 8.81. The van der Waals surface area contributed by atoms with E-state index in [0.29, 0.717) is 0 Å². The van der Waals surface area contributed by atoms with Crippen molar-refractivity contribution >= 4 is 0 Å². The van der Waals surface area contributed by atoms with Gasteiger partial charge >= 0.3 is 0 Å². The van der Waals surface area contributed by atoms with E-state index in [0.717, 1.165) is 18.6 Å². The Labute approximate surface area is 74.8 Å². The molecule has 1 heteroatoms. The highest BCUT2D eigenvalue weighted by atomic mass is 16.3. The van der Waals surface area contributed by atoms with Gasteiger partial charge < -0.3 is 4.42 Å². The lowest BCUT2D eigenvalue weighted by Gasteiger charge is -1.93. The molecule has 1 aromatic heterocycles. The summed E-state index contributed by atoms with van der Waals surface area (Å²) in [6.07, 6.45) is 7.91. The Balaban J connectivity index is 2.31. The van der Waals surface area contributed by atoms with Gasteiger partial charge in [0.1, 0.15) is 5.76 Å². The van der Waals surface area contributed by atoms with Crippen molar-refractivity contribution in [3.8, 4) is 0 Å². The van der Waals surface area contributed by atoms with Crippen LogP contribution < -0.4 is 0 Å². The Kier molecular flexibility index (Phi) is 3.92. The van der Waals surface area contributed by atoms with Crippen molar-refractivity contribution in [3.63, 3.8) is 0 Å². The molecule has 0 unspecified atom stereocenters. The predicted octanol–water partition coefficient (Wildman–Crippen LogP) is 3.57. The van der Waals surface area contributed by atoms with Crippen molar-refractivity contribution in [1.29, 1.82) is 0 Å². The summed E-state index contributed by atoms with van der Waals surface area (Å²) in [7, 11) is 0. The molecule has 0 bridgehead atoms. The van der Waals surface area contributed by atoms with E-state index in [1.165, 1.54) is 24.8 Å². The number of unbranched alkanes of at least 4 members (excludes halogenated alkanes) is 2. The molecule has 1 aromatic rings. The van der Waals surface area contributed by atoms with E-state index in [4.69, 9.17) is 4.42 Å². The van der Waals surface area contributed by atoms with Crippen LogP contribution in [0.1, 0.15) is 44.4 Å². The van der Waals surface area contributed by atoms with Crippen molar-refractivity contribution in [3.05, 3.63) is 23.7 Å². The molecule has 12 heavy (non-hydrogen) atoms. The smallest absolute Gasteiger partial charge is 0.104 e. The van der Waals surface area contributed by atoms with Crippen LogP contribution in [0.25, 0.3) is 0 Å². The third-order valence-electron chi connectivity index (χ3n) is 2.14. The van der Waals surface area contributed by atoms with Crippen LogP contribution in [0.15, 0.2) is 16.7 Å². The highest BCUT2D eigenvalue weighted by Crippen LogP contribution is 2.11. The van der Waals surface area contributed by atoms with Gasteiger partial charge in [-0.05, 0) is 24.5 Å². The summed E-state index contributed by atoms with van der Waals surface area (Å²) in [5, 5.41) is 0. The third-order valence-corrected chi connectivity index (χ3v) is 2.14. The van der Waals surface area contributed by atoms with Gasteiger partial charge in [0, 0.05) is 6.42 Å². The molecule has 0 saturated heterocycles. The van der Waals surface area contributed by atoms with Gasteiger partial charge in [-0.2, -0.15) is 0 Å². The van der Waals surface area contributed by atoms with Gasteiger partial charge in [0.2, 0.25) is 0 Å². The molecule has 1 heterocycles. The number of aryl methyl sites for hydroxylation is 2. The van der Waals surface area contributed by atoms with E-state index in [9.17, 15) is 0 Å². The maximum absolute atomic E-state index is 5.40. The SMILES string of the molecule is CCCCCc1cc(CC)co1. The van der Waals surface area contributed by atoms with E-state index in [2.05, 4.69) is 19.9 Å². The number of rotatable bonds is 5. The molecule has 0 aliphatic heterocycles. The second-order valence-electron chi connectivity index (χ2n) is 3.23. The van der Waals surface area contributed by atoms with Gasteiger partial charge in [-0.25, -0.2) is 0 Å². The van der Waals surface area contributed by atoms with Crippen LogP contribution in [0.5, 0.6) is 0 Å². The molecule has 0 aromatic carbocycles. The fourth-order valence-corrected chi connectivity index (χ4v) is 1.29. The Bertz CT molecular complexity index is 213. The Hall–Kier alpha value is -0.720. The fourth-order valence-electron chi connectivity index (χ4n) is 1.29. The maximum atomic E-state index is 5.40. The molecular formula is C11H18O. The molecule has 0 amide bonds. The van der Waals surface area contributed by atoms with Gasteiger partial charge in [-0.3, -0.25) is 0 Å². The largest absolute Gasteiger partial charge is 0.469 e. The minimum absolute atomic E-state index is 1.08. The minimum atomic E-state index is 1.08. The molecule has 0 fully saturated rings. The Morgan fingerprint density at radius 2 is 2.08 bits per heavy atom. The maximum Gasteiger partial charge on any atom is 0.104 e. The average molecular weight is 166 g/mol. The first-order valence-electron chi connectivity index (χ1n) is 4.93. The summed E-state index contributed by atoms with van der Waals surface area (Å²) in [6, 6.07) is 2.18. The second-order valence-corrected chi connectivity index (χ2v) is 3.23. The molecule has 0 saturated carbocycles. The van der Waals surface area contributed by atoms with Crippen LogP contribution in [0, 0.1) is 0 Å². The monoisotopic (exact) mass is 166 g/mol. The van der Waals surface area contributed by atoms with E-state index in [-0.39, 0.29) is 0 Å². The first-order valence-corrected chi connectivity index (χ1v) is 4.93. The molecular weight excluding hydrogens is 148 g/mol. The summed E-state index contributed by atoms with van der Waals surface area (Å²) >= 11 is 0. The van der Waals surface area contributed by atoms with Crippen LogP contribution in [-0.4, -0.2) is 0 Å². The zero-order valence-electron chi connectivity index (χ0n) is 8.10. The number of hydrogen-bond donors (Lipinski definition) is 0. The lowest BCUT2D eigenvalue weighted by atomic mass is 10.1. The van der Waals surface area contributed by atoms with Crippen molar-refractivity contribution < 1.29 is 4.42 Å². The van der Waals surface area contributed by atoms with Crippen molar-refractivity contribution in [1.82, 2.24) is 0 Å². The molecule has 0 spiro atoms. The standard InChI is InChI=1S/C11H18O/c1-3-5-6-7-11-8-10(4-2)9-12-11/h8-9H,3-7H2,1-2H3. The van der Waals surface area contributed by atoms with Gasteiger partial charge in [-0.15, -0.1) is 0 Å². The lowest BCUT2D eigenvalue weighted by molar-refractivity contribution is 0.495. The second kappa shape index (κ2) is 5.02. The highest BCUT2D eigenvalue weighted by molar-refractivity contribution is 5.12. The van der Waals surface area contributed by atoms with Gasteiger partial charge in [0.15, 0.2) is 0 Å². The highest BCUT2D eigenvalue weighted by Gasteiger charge is 1.98. The fraction of sp³-hybridized carbons (Fsp3) is 0.636. The molecule has 1 nitrogen and oxygen atoms in total. The van der Waals surface area contributed by atoms with Gasteiger partial charge in [-0.1, -0.05) is 26.7 Å². The third kappa shape index (κ3) is 2.72. The van der Waals surface area contributed by atoms with Crippen LogP contribution in [0.4, 0.5) is 0 Å². The van der Waals surface area contributed by atoms with Crippen molar-refractivity contribution in [2.75, 3.05) is 0 Å². The van der Waals surface area contributed by atoms with Crippen LogP contribution in [0.3, 0.4) is 0 Å². The van der Waals surface area contributed by atoms with E-state index in [1.54, 1.807) is 0 Å². The van der Waals surface area contributed by atoms with Gasteiger partial charge in [0.25, 0.3) is 0 Å². The number of hydrogen-bond acceptors (Lipinski definition) is 1. The summed E-state index contributed by atoms with van der Waals surface area (Å²) in [5.41, 5.74) is 1.32. The molecule has 1 rings (SSSR count). The van der Waals surface area contributed by atoms with Crippen molar-refractivity contribution in [2.45, 2.75) is 46.0 Å². The molecule has 0 radical (unpaired) electrons. The van der Waals surface area contributed by atoms with E-state index in [1.807, 2.05) is 6.26 Å². The average Bonchev–Trinajstić information content (AvgIpc) is 2.53. The number of furan rings is 1. The van der Waals surface area contributed by atoms with Crippen molar-refractivity contribution in [2.24, 2.45) is 0 Å². The molecule has 0 atom stereocenters. The van der Waals surface area contributed by atoms with Crippen LogP contribution >= 0.6 is 0 Å². The molecule has 0 aliphatic carbocycles. The summed E-state index contributed by atoms with van der Waals surface area (Å²) < 4.78 is 5.40. The lowest BCUT2D eigenvalue weighted by Crippen LogP contribution is -1.81. The zero-order valence-corrected chi connectivity index (χ0v) is 8.10. The Morgan fingerprint density at radius 1 is 1.25 bits per heavy atom. The molecule has 0 N–H and O–H groups in total. The summed E-state index contributed by atoms with van der Waals surface area (Å²) in [6.45, 7) is 4.38. The van der Waals surface area contributed by atoms with Crippen LogP contribution in [-0.2, 0) is 12.8 Å². The molecule has 68 valence electrons. The normalized spacial score (nSPS) is 10.5. The van der Waals surface area contributed by atoms with Gasteiger partial charge in [0.05, 0.1) is 6.26 Å². The first kappa shape index (κ1) is 9.37. The topological polar surface area (TPSA) is 13.1 Å². The van der Waals surface area contributed by atoms with E-state index < -0.39 is 0 Å². The quantitative estimate of drug-likeness (QED) is 0.609. The Morgan fingerprint density at radius 3 is 2.67 bits per heavy atom. The summed E-state index contributed by atoms with van der Waals surface area (Å²) in [4.78, 5) is 0. The molecule has 0 aliphatic rings. The van der Waals surface area contributed by atoms with Crippen LogP contribution in [0.2, 0.25) is 0 Å². The van der Waals surface area contributed by atoms with E-state index >= 15 is 0 Å². The first-order chi connectivity index (χ1) is 5.86. The minimum Gasteiger partial charge on any atom is -0.469 e.